The van der Waals surface area contributed by atoms with Gasteiger partial charge >= 0.3 is 0 Å². The highest BCUT2D eigenvalue weighted by atomic mass is 16.5. The fraction of sp³-hybridized carbons (Fsp3) is 0.292. The molecule has 32 heavy (non-hydrogen) atoms. The van der Waals surface area contributed by atoms with Crippen molar-refractivity contribution in [1.82, 2.24) is 14.7 Å². The second kappa shape index (κ2) is 9.23. The second-order valence-corrected chi connectivity index (χ2v) is 7.72. The minimum atomic E-state index is -0.335. The number of carbonyl (C=O) groups excluding carboxylic acids is 1. The lowest BCUT2D eigenvalue weighted by Crippen LogP contribution is -2.40. The number of rotatable bonds is 5. The highest BCUT2D eigenvalue weighted by Gasteiger charge is 2.19. The zero-order valence-corrected chi connectivity index (χ0v) is 18.4. The van der Waals surface area contributed by atoms with Crippen molar-refractivity contribution in [1.29, 1.82) is 0 Å². The van der Waals surface area contributed by atoms with Crippen molar-refractivity contribution in [2.45, 2.75) is 13.8 Å². The van der Waals surface area contributed by atoms with Crippen molar-refractivity contribution in [3.05, 3.63) is 75.7 Å². The fourth-order valence-electron chi connectivity index (χ4n) is 3.49. The Morgan fingerprint density at radius 1 is 1.09 bits per heavy atom. The number of anilines is 2. The van der Waals surface area contributed by atoms with Gasteiger partial charge in [-0.25, -0.2) is 4.68 Å². The van der Waals surface area contributed by atoms with Crippen molar-refractivity contribution in [3.63, 3.8) is 0 Å². The summed E-state index contributed by atoms with van der Waals surface area (Å²) >= 11 is 0. The van der Waals surface area contributed by atoms with E-state index in [0.29, 0.717) is 49.1 Å². The molecule has 0 aliphatic carbocycles. The summed E-state index contributed by atoms with van der Waals surface area (Å²) in [4.78, 5) is 27.5. The summed E-state index contributed by atoms with van der Waals surface area (Å²) in [5.41, 5.74) is 3.13. The first-order chi connectivity index (χ1) is 15.4. The smallest absolute Gasteiger partial charge is 0.294 e. The number of aromatic nitrogens is 2. The number of benzene rings is 2. The normalized spacial score (nSPS) is 13.7. The lowest BCUT2D eigenvalue weighted by Gasteiger charge is -2.27. The van der Waals surface area contributed by atoms with Gasteiger partial charge in [0.15, 0.2) is 11.4 Å². The molecule has 2 heterocycles. The van der Waals surface area contributed by atoms with Gasteiger partial charge in [0.05, 0.1) is 19.4 Å². The first-order valence-electron chi connectivity index (χ1n) is 10.5. The zero-order valence-electron chi connectivity index (χ0n) is 18.4. The number of nitrogens with zero attached hydrogens (tertiary/aromatic N) is 3. The van der Waals surface area contributed by atoms with Crippen molar-refractivity contribution in [3.8, 4) is 11.5 Å². The molecule has 166 valence electrons. The molecule has 1 amide bonds. The van der Waals surface area contributed by atoms with E-state index in [2.05, 4.69) is 10.4 Å². The molecule has 8 heteroatoms. The van der Waals surface area contributed by atoms with E-state index < -0.39 is 0 Å². The van der Waals surface area contributed by atoms with Crippen LogP contribution in [0, 0.1) is 13.8 Å². The number of nitrogens with one attached hydrogen (secondary N) is 1. The predicted molar refractivity (Wildman–Crippen MR) is 122 cm³/mol. The second-order valence-electron chi connectivity index (χ2n) is 7.72. The van der Waals surface area contributed by atoms with Crippen molar-refractivity contribution < 1.29 is 14.3 Å². The first-order valence-corrected chi connectivity index (χ1v) is 10.5. The van der Waals surface area contributed by atoms with Crippen LogP contribution in [0.25, 0.3) is 0 Å². The average molecular weight is 434 g/mol. The Kier molecular flexibility index (Phi) is 6.23. The topological polar surface area (TPSA) is 85.7 Å². The summed E-state index contributed by atoms with van der Waals surface area (Å²) in [6, 6.07) is 12.8. The molecule has 0 atom stereocenters. The number of morpholine rings is 1. The minimum Gasteiger partial charge on any atom is -0.453 e. The van der Waals surface area contributed by atoms with Crippen LogP contribution in [0.3, 0.4) is 0 Å². The van der Waals surface area contributed by atoms with Gasteiger partial charge in [-0.2, -0.15) is 5.10 Å². The maximum atomic E-state index is 12.9. The number of hydrogen-bond acceptors (Lipinski definition) is 6. The highest BCUT2D eigenvalue weighted by molar-refractivity contribution is 5.95. The van der Waals surface area contributed by atoms with Crippen LogP contribution in [0.2, 0.25) is 0 Å². The Balaban J connectivity index is 1.64. The fourth-order valence-corrected chi connectivity index (χ4v) is 3.49. The van der Waals surface area contributed by atoms with Gasteiger partial charge in [-0.05, 0) is 49.2 Å². The molecule has 1 aliphatic rings. The number of hydrogen-bond donors (Lipinski definition) is 1. The molecule has 4 rings (SSSR count). The van der Waals surface area contributed by atoms with Gasteiger partial charge in [-0.15, -0.1) is 0 Å². The minimum absolute atomic E-state index is 0.0635. The third kappa shape index (κ3) is 4.50. The molecule has 0 bridgehead atoms. The molecule has 8 nitrogen and oxygen atoms in total. The monoisotopic (exact) mass is 434 g/mol. The van der Waals surface area contributed by atoms with Crippen LogP contribution < -0.4 is 15.6 Å². The third-order valence-electron chi connectivity index (χ3n) is 5.55. The van der Waals surface area contributed by atoms with Gasteiger partial charge in [-0.3, -0.25) is 9.59 Å². The third-order valence-corrected chi connectivity index (χ3v) is 5.55. The maximum Gasteiger partial charge on any atom is 0.294 e. The Hall–Kier alpha value is -3.65. The first kappa shape index (κ1) is 21.6. The molecule has 0 saturated carbocycles. The SMILES string of the molecule is Cc1cccc(Oc2cnn(C)c(=O)c2Nc2cccc(C(=O)N3CCOCC3)c2)c1C. The van der Waals surface area contributed by atoms with Crippen LogP contribution in [0.4, 0.5) is 11.4 Å². The van der Waals surface area contributed by atoms with Crippen molar-refractivity contribution in [2.24, 2.45) is 7.05 Å². The number of ether oxygens (including phenoxy) is 2. The van der Waals surface area contributed by atoms with E-state index in [1.165, 1.54) is 10.9 Å². The van der Waals surface area contributed by atoms with Gasteiger partial charge in [-0.1, -0.05) is 18.2 Å². The summed E-state index contributed by atoms with van der Waals surface area (Å²) in [6.07, 6.45) is 1.51. The van der Waals surface area contributed by atoms with Gasteiger partial charge < -0.3 is 19.7 Å². The molecular weight excluding hydrogens is 408 g/mol. The van der Waals surface area contributed by atoms with E-state index in [9.17, 15) is 9.59 Å². The van der Waals surface area contributed by atoms with E-state index in [1.54, 1.807) is 36.2 Å². The van der Waals surface area contributed by atoms with Crippen LogP contribution in [-0.2, 0) is 11.8 Å². The molecular formula is C24H26N4O4. The zero-order chi connectivity index (χ0) is 22.7. The largest absolute Gasteiger partial charge is 0.453 e. The number of amides is 1. The predicted octanol–water partition coefficient (Wildman–Crippen LogP) is 3.41. The standard InChI is InChI=1S/C24H26N4O4/c1-16-6-4-9-20(17(16)2)32-21-15-25-27(3)24(30)22(21)26-19-8-5-7-18(14-19)23(29)28-10-12-31-13-11-28/h4-9,14-15,26H,10-13H2,1-3H3. The molecule has 2 aromatic carbocycles. The molecule has 1 saturated heterocycles. The van der Waals surface area contributed by atoms with E-state index >= 15 is 0 Å². The summed E-state index contributed by atoms with van der Waals surface area (Å²) in [6.45, 7) is 6.17. The molecule has 0 spiro atoms. The van der Waals surface area contributed by atoms with Gasteiger partial charge in [0.2, 0.25) is 0 Å². The molecule has 3 aromatic rings. The lowest BCUT2D eigenvalue weighted by molar-refractivity contribution is 0.0303. The molecule has 1 N–H and O–H groups in total. The number of carbonyl (C=O) groups is 1. The Morgan fingerprint density at radius 3 is 2.62 bits per heavy atom. The molecule has 1 fully saturated rings. The average Bonchev–Trinajstić information content (AvgIpc) is 2.82. The Bertz CT molecular complexity index is 1200. The Morgan fingerprint density at radius 2 is 1.84 bits per heavy atom. The highest BCUT2D eigenvalue weighted by Crippen LogP contribution is 2.31. The van der Waals surface area contributed by atoms with E-state index in [1.807, 2.05) is 32.0 Å². The summed E-state index contributed by atoms with van der Waals surface area (Å²) in [7, 11) is 1.58. The van der Waals surface area contributed by atoms with Crippen LogP contribution in [-0.4, -0.2) is 46.9 Å². The van der Waals surface area contributed by atoms with Gasteiger partial charge in [0.1, 0.15) is 5.75 Å². The summed E-state index contributed by atoms with van der Waals surface area (Å²) in [5.74, 6) is 0.900. The van der Waals surface area contributed by atoms with Crippen molar-refractivity contribution >= 4 is 17.3 Å². The molecule has 1 aromatic heterocycles. The summed E-state index contributed by atoms with van der Waals surface area (Å²) in [5, 5.41) is 7.24. The quantitative estimate of drug-likeness (QED) is 0.662. The van der Waals surface area contributed by atoms with Crippen LogP contribution in [0.15, 0.2) is 53.5 Å². The van der Waals surface area contributed by atoms with E-state index in [0.717, 1.165) is 11.1 Å². The Labute approximate surface area is 186 Å². The number of aryl methyl sites for hydroxylation is 2. The van der Waals surface area contributed by atoms with Crippen LogP contribution in [0.5, 0.6) is 11.5 Å². The molecule has 0 unspecified atom stereocenters. The van der Waals surface area contributed by atoms with E-state index in [4.69, 9.17) is 9.47 Å². The van der Waals surface area contributed by atoms with Gasteiger partial charge in [0, 0.05) is 31.4 Å². The van der Waals surface area contributed by atoms with Crippen LogP contribution in [0.1, 0.15) is 21.5 Å². The molecule has 1 aliphatic heterocycles. The maximum absolute atomic E-state index is 12.9. The molecule has 0 radical (unpaired) electrons. The summed E-state index contributed by atoms with van der Waals surface area (Å²) < 4.78 is 12.6. The van der Waals surface area contributed by atoms with E-state index in [-0.39, 0.29) is 17.2 Å². The lowest BCUT2D eigenvalue weighted by atomic mass is 10.1. The van der Waals surface area contributed by atoms with Gasteiger partial charge in [0.25, 0.3) is 11.5 Å². The van der Waals surface area contributed by atoms with Crippen LogP contribution >= 0.6 is 0 Å². The van der Waals surface area contributed by atoms with Crippen molar-refractivity contribution in [2.75, 3.05) is 31.6 Å².